The second-order valence-corrected chi connectivity index (χ2v) is 4.71. The van der Waals surface area contributed by atoms with Gasteiger partial charge in [-0.3, -0.25) is 0 Å². The van der Waals surface area contributed by atoms with Crippen LogP contribution in [0.25, 0.3) is 11.0 Å². The molecule has 0 amide bonds. The maximum absolute atomic E-state index is 9.28. The number of hydrogen-bond donors (Lipinski definition) is 3. The topological polar surface area (TPSA) is 83.3 Å². The van der Waals surface area contributed by atoms with E-state index in [1.165, 1.54) is 0 Å². The summed E-state index contributed by atoms with van der Waals surface area (Å²) in [4.78, 5) is 2.82. The third kappa shape index (κ3) is 2.51. The van der Waals surface area contributed by atoms with Gasteiger partial charge in [0.25, 0.3) is 0 Å². The van der Waals surface area contributed by atoms with Gasteiger partial charge in [-0.1, -0.05) is 0 Å². The number of nitrogens with one attached hydrogen (secondary N) is 1. The standard InChI is InChI=1S/C11H15B2N3O3/c17-13(18)11-10(12-7-14-11)8-5-15-16(6-8)9-3-1-2-4-19-9/h5-7,9,14,17-18H,1-4H2. The van der Waals surface area contributed by atoms with Crippen molar-refractivity contribution >= 4 is 19.6 Å². The van der Waals surface area contributed by atoms with Crippen molar-refractivity contribution < 1.29 is 14.8 Å². The summed E-state index contributed by atoms with van der Waals surface area (Å²) in [6.45, 7) is 2.57. The van der Waals surface area contributed by atoms with Gasteiger partial charge in [0.05, 0.1) is 0 Å². The van der Waals surface area contributed by atoms with Gasteiger partial charge >= 0.3 is 111 Å². The Hall–Kier alpha value is -1.37. The molecule has 1 aliphatic rings. The van der Waals surface area contributed by atoms with E-state index < -0.39 is 7.12 Å². The molecule has 0 spiro atoms. The van der Waals surface area contributed by atoms with E-state index in [-0.39, 0.29) is 6.23 Å². The summed E-state index contributed by atoms with van der Waals surface area (Å²) in [5.74, 6) is 0. The number of nitrogens with zero attached hydrogens (tertiary/aromatic N) is 2. The van der Waals surface area contributed by atoms with E-state index in [0.717, 1.165) is 36.9 Å². The van der Waals surface area contributed by atoms with Gasteiger partial charge in [0.1, 0.15) is 0 Å². The molecule has 0 radical (unpaired) electrons. The number of aromatic amines is 1. The van der Waals surface area contributed by atoms with Crippen molar-refractivity contribution in [2.24, 2.45) is 0 Å². The number of ether oxygens (including phenoxy) is 1. The normalized spacial score (nSPS) is 19.4. The van der Waals surface area contributed by atoms with Crippen molar-refractivity contribution in [2.45, 2.75) is 25.5 Å². The average molecular weight is 259 g/mol. The van der Waals surface area contributed by atoms with Crippen LogP contribution in [0.3, 0.4) is 0 Å². The molecular formula is C11H15B2N3O3. The second kappa shape index (κ2) is 5.32. The van der Waals surface area contributed by atoms with Crippen molar-refractivity contribution in [3.63, 3.8) is 0 Å². The minimum atomic E-state index is -1.51. The van der Waals surface area contributed by atoms with Crippen LogP contribution in [0.1, 0.15) is 25.5 Å². The molecule has 0 saturated carbocycles. The fourth-order valence-corrected chi connectivity index (χ4v) is 2.41. The summed E-state index contributed by atoms with van der Waals surface area (Å²) in [6.07, 6.45) is 8.47. The molecule has 1 atom stereocenters. The Kier molecular flexibility index (Phi) is 3.54. The van der Waals surface area contributed by atoms with Crippen LogP contribution in [0, 0.1) is 0 Å². The monoisotopic (exact) mass is 259 g/mol. The SMILES string of the molecule is OB(O)c1[nH]cbc1-c1cnn(C2CCCCO2)c1. The van der Waals surface area contributed by atoms with E-state index in [4.69, 9.17) is 4.74 Å². The first-order chi connectivity index (χ1) is 9.25. The summed E-state index contributed by atoms with van der Waals surface area (Å²) < 4.78 is 7.47. The summed E-state index contributed by atoms with van der Waals surface area (Å²) in [5, 5.41) is 22.9. The molecule has 1 fully saturated rings. The molecule has 0 aliphatic carbocycles. The molecule has 3 N–H and O–H groups in total. The molecule has 1 unspecified atom stereocenters. The Bertz CT molecular complexity index is 549. The van der Waals surface area contributed by atoms with Gasteiger partial charge in [0, 0.05) is 0 Å². The third-order valence-electron chi connectivity index (χ3n) is 3.40. The number of hydrogen-bond acceptors (Lipinski definition) is 4. The van der Waals surface area contributed by atoms with Crippen LogP contribution in [-0.2, 0) is 4.74 Å². The van der Waals surface area contributed by atoms with Crippen molar-refractivity contribution in [1.82, 2.24) is 14.8 Å². The predicted octanol–water partition coefficient (Wildman–Crippen LogP) is -0.405. The molecule has 19 heavy (non-hydrogen) atoms. The summed E-state index contributed by atoms with van der Waals surface area (Å²) in [6, 6.07) is 0. The maximum atomic E-state index is 9.28. The van der Waals surface area contributed by atoms with Crippen LogP contribution >= 0.6 is 0 Å². The van der Waals surface area contributed by atoms with E-state index in [0.29, 0.717) is 5.59 Å². The van der Waals surface area contributed by atoms with Crippen molar-refractivity contribution in [3.05, 3.63) is 18.5 Å². The molecule has 2 aromatic rings. The van der Waals surface area contributed by atoms with Crippen molar-refractivity contribution in [2.75, 3.05) is 6.61 Å². The van der Waals surface area contributed by atoms with E-state index in [1.54, 1.807) is 23.9 Å². The van der Waals surface area contributed by atoms with Gasteiger partial charge in [-0.15, -0.1) is 0 Å². The summed E-state index contributed by atoms with van der Waals surface area (Å²) >= 11 is 0. The minimum absolute atomic E-state index is 0.0102. The van der Waals surface area contributed by atoms with Gasteiger partial charge in [0.15, 0.2) is 0 Å². The Labute approximate surface area is 111 Å². The first-order valence-corrected chi connectivity index (χ1v) is 6.45. The molecule has 2 aromatic heterocycles. The third-order valence-corrected chi connectivity index (χ3v) is 3.40. The first kappa shape index (κ1) is 12.7. The van der Waals surface area contributed by atoms with Crippen LogP contribution in [0.15, 0.2) is 18.5 Å². The van der Waals surface area contributed by atoms with Crippen LogP contribution in [0.4, 0.5) is 0 Å². The molecule has 8 heteroatoms. The van der Waals surface area contributed by atoms with Crippen LogP contribution in [0.5, 0.6) is 0 Å². The zero-order valence-corrected chi connectivity index (χ0v) is 10.5. The van der Waals surface area contributed by atoms with E-state index in [2.05, 4.69) is 10.1 Å². The zero-order valence-electron chi connectivity index (χ0n) is 10.5. The van der Waals surface area contributed by atoms with Gasteiger partial charge in [0.2, 0.25) is 0 Å². The van der Waals surface area contributed by atoms with Gasteiger partial charge in [-0.05, 0) is 0 Å². The van der Waals surface area contributed by atoms with Crippen LogP contribution < -0.4 is 5.59 Å². The molecule has 0 bridgehead atoms. The fourth-order valence-electron chi connectivity index (χ4n) is 2.41. The molecule has 98 valence electrons. The Morgan fingerprint density at radius 3 is 3.11 bits per heavy atom. The van der Waals surface area contributed by atoms with Crippen molar-refractivity contribution in [3.8, 4) is 11.0 Å². The molecule has 1 saturated heterocycles. The van der Waals surface area contributed by atoms with E-state index in [1.807, 2.05) is 6.20 Å². The fraction of sp³-hybridized carbons (Fsp3) is 0.455. The van der Waals surface area contributed by atoms with Crippen LogP contribution in [-0.4, -0.2) is 45.4 Å². The molecule has 3 rings (SSSR count). The van der Waals surface area contributed by atoms with Crippen LogP contribution in [0.2, 0.25) is 0 Å². The van der Waals surface area contributed by atoms with Gasteiger partial charge in [-0.2, -0.15) is 0 Å². The zero-order chi connectivity index (χ0) is 13.2. The van der Waals surface area contributed by atoms with Crippen molar-refractivity contribution in [1.29, 1.82) is 0 Å². The van der Waals surface area contributed by atoms with Gasteiger partial charge in [-0.25, -0.2) is 0 Å². The summed E-state index contributed by atoms with van der Waals surface area (Å²) in [5.41, 5.74) is 1.97. The number of H-pyrrole nitrogens is 1. The Balaban J connectivity index is 1.86. The number of rotatable bonds is 3. The molecule has 3 heterocycles. The van der Waals surface area contributed by atoms with E-state index in [9.17, 15) is 10.0 Å². The molecular weight excluding hydrogens is 244 g/mol. The first-order valence-electron chi connectivity index (χ1n) is 6.45. The number of aromatic nitrogens is 3. The summed E-state index contributed by atoms with van der Waals surface area (Å²) in [7, 11) is -1.51. The van der Waals surface area contributed by atoms with Gasteiger partial charge < -0.3 is 0 Å². The second-order valence-electron chi connectivity index (χ2n) is 4.71. The molecule has 6 nitrogen and oxygen atoms in total. The quantitative estimate of drug-likeness (QED) is 0.654. The molecule has 0 aromatic carbocycles. The van der Waals surface area contributed by atoms with E-state index >= 15 is 0 Å². The Morgan fingerprint density at radius 2 is 2.37 bits per heavy atom. The predicted molar refractivity (Wildman–Crippen MR) is 72.0 cm³/mol. The molecule has 1 aliphatic heterocycles. The average Bonchev–Trinajstić information content (AvgIpc) is 3.08. The Morgan fingerprint density at radius 1 is 1.47 bits per heavy atom.